The monoisotopic (exact) mass is 215 g/mol. The molecule has 3 rings (SSSR count). The molecule has 86 valence electrons. The van der Waals surface area contributed by atoms with Crippen molar-refractivity contribution in [3.05, 3.63) is 35.4 Å². The van der Waals surface area contributed by atoms with E-state index in [0.717, 1.165) is 11.8 Å². The molecule has 0 spiro atoms. The van der Waals surface area contributed by atoms with E-state index in [1.54, 1.807) is 11.1 Å². The Bertz CT molecular complexity index is 365. The quantitative estimate of drug-likeness (QED) is 0.823. The third-order valence-corrected chi connectivity index (χ3v) is 4.52. The normalized spacial score (nSPS) is 26.2. The van der Waals surface area contributed by atoms with Gasteiger partial charge in [0, 0.05) is 6.04 Å². The number of fused-ring (bicyclic) bond motifs is 1. The summed E-state index contributed by atoms with van der Waals surface area (Å²) in [4.78, 5) is 0. The van der Waals surface area contributed by atoms with Gasteiger partial charge in [0.1, 0.15) is 0 Å². The summed E-state index contributed by atoms with van der Waals surface area (Å²) in [7, 11) is 0. The van der Waals surface area contributed by atoms with Crippen LogP contribution in [0.3, 0.4) is 0 Å². The highest BCUT2D eigenvalue weighted by Crippen LogP contribution is 2.40. The standard InChI is InChI=1S/C15H21N/c16-15(11-5-1-2-6-11)10-13-9-12-7-3-4-8-14(12)13/h3-4,7-8,11,13,15H,1-2,5-6,9-10,16H2. The largest absolute Gasteiger partial charge is 0.327 e. The van der Waals surface area contributed by atoms with Crippen molar-refractivity contribution in [2.75, 3.05) is 0 Å². The van der Waals surface area contributed by atoms with Crippen molar-refractivity contribution in [1.29, 1.82) is 0 Å². The van der Waals surface area contributed by atoms with Crippen LogP contribution in [0.4, 0.5) is 0 Å². The van der Waals surface area contributed by atoms with Crippen LogP contribution in [0.5, 0.6) is 0 Å². The number of nitrogens with two attached hydrogens (primary N) is 1. The molecule has 0 aliphatic heterocycles. The lowest BCUT2D eigenvalue weighted by molar-refractivity contribution is 0.369. The van der Waals surface area contributed by atoms with Gasteiger partial charge < -0.3 is 5.73 Å². The Balaban J connectivity index is 1.61. The van der Waals surface area contributed by atoms with E-state index in [9.17, 15) is 0 Å². The molecular weight excluding hydrogens is 194 g/mol. The molecule has 1 fully saturated rings. The number of rotatable bonds is 3. The zero-order chi connectivity index (χ0) is 11.0. The van der Waals surface area contributed by atoms with E-state index in [4.69, 9.17) is 5.73 Å². The van der Waals surface area contributed by atoms with Crippen LogP contribution >= 0.6 is 0 Å². The molecule has 2 aliphatic carbocycles. The minimum Gasteiger partial charge on any atom is -0.327 e. The minimum atomic E-state index is 0.445. The Morgan fingerprint density at radius 1 is 1.19 bits per heavy atom. The van der Waals surface area contributed by atoms with Gasteiger partial charge >= 0.3 is 0 Å². The predicted molar refractivity (Wildman–Crippen MR) is 67.4 cm³/mol. The van der Waals surface area contributed by atoms with Crippen molar-refractivity contribution in [1.82, 2.24) is 0 Å². The average Bonchev–Trinajstić information content (AvgIpc) is 2.79. The molecule has 0 heterocycles. The SMILES string of the molecule is NC(CC1Cc2ccccc21)C1CCCC1. The van der Waals surface area contributed by atoms with Gasteiger partial charge in [0.05, 0.1) is 0 Å². The molecule has 1 saturated carbocycles. The van der Waals surface area contributed by atoms with E-state index in [-0.39, 0.29) is 0 Å². The van der Waals surface area contributed by atoms with Gasteiger partial charge in [-0.25, -0.2) is 0 Å². The fourth-order valence-corrected chi connectivity index (χ4v) is 3.48. The van der Waals surface area contributed by atoms with Gasteiger partial charge in [0.25, 0.3) is 0 Å². The van der Waals surface area contributed by atoms with Gasteiger partial charge in [0.2, 0.25) is 0 Å². The van der Waals surface area contributed by atoms with Crippen LogP contribution in [0.15, 0.2) is 24.3 Å². The third-order valence-electron chi connectivity index (χ3n) is 4.52. The lowest BCUT2D eigenvalue weighted by Gasteiger charge is -2.33. The third kappa shape index (κ3) is 1.78. The number of hydrogen-bond acceptors (Lipinski definition) is 1. The molecule has 0 radical (unpaired) electrons. The first kappa shape index (κ1) is 10.3. The highest BCUT2D eigenvalue weighted by molar-refractivity contribution is 5.39. The molecule has 2 unspecified atom stereocenters. The fourth-order valence-electron chi connectivity index (χ4n) is 3.48. The van der Waals surface area contributed by atoms with Crippen LogP contribution in [0.1, 0.15) is 49.1 Å². The highest BCUT2D eigenvalue weighted by atomic mass is 14.7. The summed E-state index contributed by atoms with van der Waals surface area (Å²) in [6.45, 7) is 0. The maximum atomic E-state index is 6.35. The van der Waals surface area contributed by atoms with E-state index in [1.807, 2.05) is 0 Å². The molecule has 0 amide bonds. The molecule has 16 heavy (non-hydrogen) atoms. The van der Waals surface area contributed by atoms with Crippen molar-refractivity contribution in [2.24, 2.45) is 11.7 Å². The highest BCUT2D eigenvalue weighted by Gasteiger charge is 2.30. The Kier molecular flexibility index (Phi) is 2.72. The molecule has 2 aliphatic rings. The van der Waals surface area contributed by atoms with Gasteiger partial charge in [-0.15, -0.1) is 0 Å². The summed E-state index contributed by atoms with van der Waals surface area (Å²) in [5.41, 5.74) is 9.46. The Morgan fingerprint density at radius 3 is 2.69 bits per heavy atom. The molecule has 2 N–H and O–H groups in total. The maximum Gasteiger partial charge on any atom is 0.00731 e. The Morgan fingerprint density at radius 2 is 1.94 bits per heavy atom. The first-order valence-electron chi connectivity index (χ1n) is 6.68. The van der Waals surface area contributed by atoms with E-state index < -0.39 is 0 Å². The lowest BCUT2D eigenvalue weighted by Crippen LogP contribution is -2.33. The topological polar surface area (TPSA) is 26.0 Å². The Hall–Kier alpha value is -0.820. The van der Waals surface area contributed by atoms with Gasteiger partial charge in [0.15, 0.2) is 0 Å². The van der Waals surface area contributed by atoms with Gasteiger partial charge in [-0.1, -0.05) is 37.1 Å². The minimum absolute atomic E-state index is 0.445. The van der Waals surface area contributed by atoms with E-state index >= 15 is 0 Å². The summed E-state index contributed by atoms with van der Waals surface area (Å²) in [5.74, 6) is 1.57. The van der Waals surface area contributed by atoms with Crippen molar-refractivity contribution in [2.45, 2.75) is 50.5 Å². The van der Waals surface area contributed by atoms with Crippen molar-refractivity contribution < 1.29 is 0 Å². The second kappa shape index (κ2) is 4.21. The number of benzene rings is 1. The van der Waals surface area contributed by atoms with Crippen molar-refractivity contribution in [3.63, 3.8) is 0 Å². The zero-order valence-electron chi connectivity index (χ0n) is 9.86. The van der Waals surface area contributed by atoms with Gasteiger partial charge in [-0.05, 0) is 48.6 Å². The van der Waals surface area contributed by atoms with E-state index in [2.05, 4.69) is 24.3 Å². The smallest absolute Gasteiger partial charge is 0.00731 e. The van der Waals surface area contributed by atoms with Crippen molar-refractivity contribution >= 4 is 0 Å². The molecule has 0 aromatic heterocycles. The van der Waals surface area contributed by atoms with Crippen LogP contribution in [0, 0.1) is 5.92 Å². The van der Waals surface area contributed by atoms with Gasteiger partial charge in [-0.3, -0.25) is 0 Å². The van der Waals surface area contributed by atoms with Crippen LogP contribution in [0.25, 0.3) is 0 Å². The summed E-state index contributed by atoms with van der Waals surface area (Å²) >= 11 is 0. The van der Waals surface area contributed by atoms with E-state index in [0.29, 0.717) is 6.04 Å². The molecule has 1 aromatic carbocycles. The summed E-state index contributed by atoms with van der Waals surface area (Å²) in [5, 5.41) is 0. The molecular formula is C15H21N. The number of hydrogen-bond donors (Lipinski definition) is 1. The van der Waals surface area contributed by atoms with Crippen molar-refractivity contribution in [3.8, 4) is 0 Å². The molecule has 2 atom stereocenters. The zero-order valence-corrected chi connectivity index (χ0v) is 9.86. The van der Waals surface area contributed by atoms with Crippen LogP contribution < -0.4 is 5.73 Å². The molecule has 1 aromatic rings. The fraction of sp³-hybridized carbons (Fsp3) is 0.600. The maximum absolute atomic E-state index is 6.35. The average molecular weight is 215 g/mol. The van der Waals surface area contributed by atoms with E-state index in [1.165, 1.54) is 38.5 Å². The second-order valence-corrected chi connectivity index (χ2v) is 5.54. The summed E-state index contributed by atoms with van der Waals surface area (Å²) in [6, 6.07) is 9.29. The summed E-state index contributed by atoms with van der Waals surface area (Å²) in [6.07, 6.45) is 8.02. The molecule has 1 heteroatoms. The van der Waals surface area contributed by atoms with Crippen LogP contribution in [0.2, 0.25) is 0 Å². The lowest BCUT2D eigenvalue weighted by atomic mass is 9.73. The summed E-state index contributed by atoms with van der Waals surface area (Å²) < 4.78 is 0. The first-order chi connectivity index (χ1) is 7.84. The van der Waals surface area contributed by atoms with Crippen LogP contribution in [-0.2, 0) is 6.42 Å². The van der Waals surface area contributed by atoms with Gasteiger partial charge in [-0.2, -0.15) is 0 Å². The Labute approximate surface area is 98.0 Å². The van der Waals surface area contributed by atoms with Crippen LogP contribution in [-0.4, -0.2) is 6.04 Å². The second-order valence-electron chi connectivity index (χ2n) is 5.54. The molecule has 0 saturated heterocycles. The molecule has 1 nitrogen and oxygen atoms in total. The predicted octanol–water partition coefficient (Wildman–Crippen LogP) is 3.23. The molecule has 0 bridgehead atoms. The first-order valence-corrected chi connectivity index (χ1v) is 6.68.